The molecule has 0 aliphatic rings. The van der Waals surface area contributed by atoms with Crippen LogP contribution >= 0.6 is 0 Å². The second-order valence-electron chi connectivity index (χ2n) is 5.52. The molecule has 0 aliphatic heterocycles. The maximum atomic E-state index is 12.1. The van der Waals surface area contributed by atoms with E-state index in [1.807, 2.05) is 43.3 Å². The highest BCUT2D eigenvalue weighted by atomic mass is 16.6. The first kappa shape index (κ1) is 17.5. The first-order valence-corrected chi connectivity index (χ1v) is 7.55. The van der Waals surface area contributed by atoms with Gasteiger partial charge in [0.1, 0.15) is 12.6 Å². The Morgan fingerprint density at radius 1 is 1.17 bits per heavy atom. The molecule has 1 heterocycles. The first-order valence-electron chi connectivity index (χ1n) is 7.55. The Morgan fingerprint density at radius 3 is 2.46 bits per heavy atom. The number of amides is 1. The number of likely N-dealkylation sites (N-methyl/N-ethyl adjacent to an activating group) is 1. The van der Waals surface area contributed by atoms with E-state index in [4.69, 9.17) is 4.74 Å². The van der Waals surface area contributed by atoms with Crippen LogP contribution in [0, 0.1) is 6.92 Å². The molecule has 0 spiro atoms. The number of pyridine rings is 1. The van der Waals surface area contributed by atoms with E-state index < -0.39 is 18.1 Å². The van der Waals surface area contributed by atoms with Crippen LogP contribution in [0.15, 0.2) is 48.7 Å². The van der Waals surface area contributed by atoms with Gasteiger partial charge in [-0.3, -0.25) is 9.88 Å². The van der Waals surface area contributed by atoms with Crippen molar-refractivity contribution in [2.75, 3.05) is 7.05 Å². The molecule has 1 amide bonds. The summed E-state index contributed by atoms with van der Waals surface area (Å²) >= 11 is 0. The molecule has 0 saturated heterocycles. The summed E-state index contributed by atoms with van der Waals surface area (Å²) in [5, 5.41) is 9.42. The van der Waals surface area contributed by atoms with Gasteiger partial charge in [0.15, 0.2) is 0 Å². The van der Waals surface area contributed by atoms with Gasteiger partial charge in [-0.05, 0) is 24.1 Å². The summed E-state index contributed by atoms with van der Waals surface area (Å²) in [7, 11) is 1.42. The predicted octanol–water partition coefficient (Wildman–Crippen LogP) is 2.65. The van der Waals surface area contributed by atoms with Gasteiger partial charge in [0, 0.05) is 25.4 Å². The van der Waals surface area contributed by atoms with E-state index in [-0.39, 0.29) is 13.0 Å². The second kappa shape index (κ2) is 8.10. The van der Waals surface area contributed by atoms with Gasteiger partial charge in [0.2, 0.25) is 0 Å². The molecule has 1 unspecified atom stereocenters. The Kier molecular flexibility index (Phi) is 5.89. The lowest BCUT2D eigenvalue weighted by atomic mass is 10.1. The largest absolute Gasteiger partial charge is 0.480 e. The molecule has 24 heavy (non-hydrogen) atoms. The summed E-state index contributed by atoms with van der Waals surface area (Å²) < 4.78 is 5.19. The highest BCUT2D eigenvalue weighted by Crippen LogP contribution is 2.11. The summed E-state index contributed by atoms with van der Waals surface area (Å²) in [6, 6.07) is 11.8. The first-order chi connectivity index (χ1) is 11.5. The zero-order valence-corrected chi connectivity index (χ0v) is 13.7. The normalized spacial score (nSPS) is 11.6. The monoisotopic (exact) mass is 328 g/mol. The third kappa shape index (κ3) is 4.81. The molecule has 1 aromatic carbocycles. The van der Waals surface area contributed by atoms with E-state index in [1.165, 1.54) is 7.05 Å². The van der Waals surface area contributed by atoms with Crippen molar-refractivity contribution in [2.45, 2.75) is 26.0 Å². The molecule has 1 atom stereocenters. The lowest BCUT2D eigenvalue weighted by Gasteiger charge is -2.24. The van der Waals surface area contributed by atoms with Crippen molar-refractivity contribution in [1.82, 2.24) is 9.88 Å². The van der Waals surface area contributed by atoms with Gasteiger partial charge >= 0.3 is 12.1 Å². The maximum Gasteiger partial charge on any atom is 0.410 e. The Labute approximate surface area is 140 Å². The quantitative estimate of drug-likeness (QED) is 0.882. The molecule has 2 aromatic rings. The average molecular weight is 328 g/mol. The third-order valence-electron chi connectivity index (χ3n) is 3.65. The van der Waals surface area contributed by atoms with Crippen molar-refractivity contribution in [3.8, 4) is 0 Å². The van der Waals surface area contributed by atoms with Crippen LogP contribution in [0.25, 0.3) is 0 Å². The summed E-state index contributed by atoms with van der Waals surface area (Å²) in [4.78, 5) is 28.9. The van der Waals surface area contributed by atoms with E-state index in [2.05, 4.69) is 4.98 Å². The van der Waals surface area contributed by atoms with Crippen LogP contribution in [0.5, 0.6) is 0 Å². The van der Waals surface area contributed by atoms with Crippen LogP contribution in [-0.2, 0) is 22.6 Å². The minimum absolute atomic E-state index is 0.0996. The van der Waals surface area contributed by atoms with Gasteiger partial charge in [-0.2, -0.15) is 0 Å². The average Bonchev–Trinajstić information content (AvgIpc) is 2.59. The molecule has 0 fully saturated rings. The molecule has 0 bridgehead atoms. The SMILES string of the molecule is Cc1ccc(CC(C(=O)O)N(C)C(=O)OCc2ccccc2)cn1. The highest BCUT2D eigenvalue weighted by molar-refractivity contribution is 5.80. The molecule has 126 valence electrons. The Hall–Kier alpha value is -2.89. The number of aliphatic carboxylic acids is 1. The second-order valence-corrected chi connectivity index (χ2v) is 5.52. The van der Waals surface area contributed by atoms with Crippen LogP contribution in [0.4, 0.5) is 4.79 Å². The minimum atomic E-state index is -1.09. The molecular weight excluding hydrogens is 308 g/mol. The lowest BCUT2D eigenvalue weighted by Crippen LogP contribution is -2.44. The third-order valence-corrected chi connectivity index (χ3v) is 3.65. The van der Waals surface area contributed by atoms with Crippen molar-refractivity contribution in [3.05, 3.63) is 65.5 Å². The van der Waals surface area contributed by atoms with E-state index in [0.717, 1.165) is 21.7 Å². The lowest BCUT2D eigenvalue weighted by molar-refractivity contribution is -0.142. The van der Waals surface area contributed by atoms with E-state index in [0.29, 0.717) is 0 Å². The molecule has 1 aromatic heterocycles. The molecule has 0 radical (unpaired) electrons. The standard InChI is InChI=1S/C18H20N2O4/c1-13-8-9-15(11-19-13)10-16(17(21)22)20(2)18(23)24-12-14-6-4-3-5-7-14/h3-9,11,16H,10,12H2,1-2H3,(H,21,22). The Balaban J connectivity index is 1.99. The van der Waals surface area contributed by atoms with Crippen LogP contribution < -0.4 is 0 Å². The number of carbonyl (C=O) groups excluding carboxylic acids is 1. The van der Waals surface area contributed by atoms with Crippen molar-refractivity contribution < 1.29 is 19.4 Å². The number of aromatic nitrogens is 1. The molecule has 0 aliphatic carbocycles. The fourth-order valence-electron chi connectivity index (χ4n) is 2.18. The van der Waals surface area contributed by atoms with E-state index in [1.54, 1.807) is 12.3 Å². The highest BCUT2D eigenvalue weighted by Gasteiger charge is 2.28. The van der Waals surface area contributed by atoms with Crippen LogP contribution in [0.3, 0.4) is 0 Å². The summed E-state index contributed by atoms with van der Waals surface area (Å²) in [5.74, 6) is -1.09. The minimum Gasteiger partial charge on any atom is -0.480 e. The number of carbonyl (C=O) groups is 2. The number of rotatable bonds is 6. The number of ether oxygens (including phenoxy) is 1. The number of hydrogen-bond donors (Lipinski definition) is 1. The molecule has 1 N–H and O–H groups in total. The van der Waals surface area contributed by atoms with Crippen LogP contribution in [0.1, 0.15) is 16.8 Å². The number of carboxylic acid groups (broad SMARTS) is 1. The Morgan fingerprint density at radius 2 is 1.88 bits per heavy atom. The fourth-order valence-corrected chi connectivity index (χ4v) is 2.18. The smallest absolute Gasteiger partial charge is 0.410 e. The molecule has 2 rings (SSSR count). The van der Waals surface area contributed by atoms with Crippen molar-refractivity contribution in [1.29, 1.82) is 0 Å². The van der Waals surface area contributed by atoms with Crippen LogP contribution in [0.2, 0.25) is 0 Å². The van der Waals surface area contributed by atoms with Gasteiger partial charge in [-0.1, -0.05) is 36.4 Å². The van der Waals surface area contributed by atoms with Gasteiger partial charge in [0.25, 0.3) is 0 Å². The Bertz CT molecular complexity index is 686. The summed E-state index contributed by atoms with van der Waals surface area (Å²) in [5.41, 5.74) is 2.44. The zero-order valence-electron chi connectivity index (χ0n) is 13.7. The number of benzene rings is 1. The van der Waals surface area contributed by atoms with Crippen molar-refractivity contribution in [2.24, 2.45) is 0 Å². The molecule has 0 saturated carbocycles. The summed E-state index contributed by atoms with van der Waals surface area (Å²) in [6.45, 7) is 1.95. The van der Waals surface area contributed by atoms with Gasteiger partial charge in [0.05, 0.1) is 0 Å². The molecular formula is C18H20N2O4. The van der Waals surface area contributed by atoms with Crippen molar-refractivity contribution in [3.63, 3.8) is 0 Å². The number of hydrogen-bond acceptors (Lipinski definition) is 4. The van der Waals surface area contributed by atoms with Crippen LogP contribution in [-0.4, -0.2) is 40.1 Å². The number of aryl methyl sites for hydroxylation is 1. The van der Waals surface area contributed by atoms with Gasteiger partial charge < -0.3 is 9.84 Å². The van der Waals surface area contributed by atoms with E-state index in [9.17, 15) is 14.7 Å². The van der Waals surface area contributed by atoms with Crippen molar-refractivity contribution >= 4 is 12.1 Å². The van der Waals surface area contributed by atoms with Gasteiger partial charge in [-0.15, -0.1) is 0 Å². The molecule has 6 heteroatoms. The predicted molar refractivity (Wildman–Crippen MR) is 88.5 cm³/mol. The number of carboxylic acids is 1. The molecule has 6 nitrogen and oxygen atoms in total. The topological polar surface area (TPSA) is 79.7 Å². The zero-order chi connectivity index (χ0) is 17.5. The maximum absolute atomic E-state index is 12.1. The van der Waals surface area contributed by atoms with E-state index >= 15 is 0 Å². The van der Waals surface area contributed by atoms with Gasteiger partial charge in [-0.25, -0.2) is 9.59 Å². The fraction of sp³-hybridized carbons (Fsp3) is 0.278. The number of nitrogens with zero attached hydrogens (tertiary/aromatic N) is 2. The summed E-state index contributed by atoms with van der Waals surface area (Å²) in [6.07, 6.45) is 1.11.